The fourth-order valence-electron chi connectivity index (χ4n) is 5.01. The van der Waals surface area contributed by atoms with Crippen LogP contribution in [0.2, 0.25) is 0 Å². The zero-order valence-corrected chi connectivity index (χ0v) is 21.0. The first-order valence-corrected chi connectivity index (χ1v) is 12.4. The van der Waals surface area contributed by atoms with Crippen LogP contribution in [0.15, 0.2) is 40.0 Å². The molecule has 0 amide bonds. The molecule has 5 heterocycles. The summed E-state index contributed by atoms with van der Waals surface area (Å²) in [6, 6.07) is 2.79. The molecule has 11 nitrogen and oxygen atoms in total. The number of pyridine rings is 1. The van der Waals surface area contributed by atoms with Crippen LogP contribution >= 0.6 is 0 Å². The van der Waals surface area contributed by atoms with Crippen LogP contribution in [-0.4, -0.2) is 63.0 Å². The van der Waals surface area contributed by atoms with Gasteiger partial charge in [0, 0.05) is 44.5 Å². The zero-order valence-electron chi connectivity index (χ0n) is 21.0. The summed E-state index contributed by atoms with van der Waals surface area (Å²) in [5.74, 6) is -0.0636. The predicted molar refractivity (Wildman–Crippen MR) is 131 cm³/mol. The fourth-order valence-corrected chi connectivity index (χ4v) is 5.01. The van der Waals surface area contributed by atoms with E-state index in [2.05, 4.69) is 20.1 Å². The number of ether oxygens (including phenoxy) is 1. The molecule has 2 aliphatic rings. The van der Waals surface area contributed by atoms with E-state index in [4.69, 9.17) is 15.0 Å². The first-order valence-electron chi connectivity index (χ1n) is 12.4. The van der Waals surface area contributed by atoms with Crippen molar-refractivity contribution < 1.29 is 22.4 Å². The Morgan fingerprint density at radius 3 is 2.50 bits per heavy atom. The third-order valence-electron chi connectivity index (χ3n) is 7.14. The lowest BCUT2D eigenvalue weighted by atomic mass is 9.92. The summed E-state index contributed by atoms with van der Waals surface area (Å²) in [7, 11) is 0. The van der Waals surface area contributed by atoms with Crippen molar-refractivity contribution in [3.8, 4) is 5.75 Å². The number of anilines is 2. The molecule has 5 rings (SSSR count). The van der Waals surface area contributed by atoms with E-state index in [0.717, 1.165) is 5.56 Å². The van der Waals surface area contributed by atoms with Crippen LogP contribution in [0.4, 0.5) is 25.1 Å². The molecule has 0 saturated carbocycles. The SMILES string of the molecule is Cc1ccc(=O)n(C2CN(c3ncc(OC(C)C4CCN(c5nc(C(F)(F)F)no5)CC4)cn3)CC2N)c1. The number of hydrogen-bond acceptors (Lipinski definition) is 10. The molecule has 3 atom stereocenters. The Labute approximate surface area is 216 Å². The van der Waals surface area contributed by atoms with Gasteiger partial charge in [-0.1, -0.05) is 6.07 Å². The van der Waals surface area contributed by atoms with E-state index in [0.29, 0.717) is 50.7 Å². The van der Waals surface area contributed by atoms with Crippen LogP contribution in [0.25, 0.3) is 0 Å². The van der Waals surface area contributed by atoms with E-state index in [1.165, 1.54) is 0 Å². The van der Waals surface area contributed by atoms with Crippen LogP contribution in [0, 0.1) is 12.8 Å². The lowest BCUT2D eigenvalue weighted by molar-refractivity contribution is -0.146. The van der Waals surface area contributed by atoms with Gasteiger partial charge in [-0.25, -0.2) is 9.97 Å². The molecule has 2 aliphatic heterocycles. The van der Waals surface area contributed by atoms with Crippen LogP contribution in [0.5, 0.6) is 5.75 Å². The molecule has 2 saturated heterocycles. The van der Waals surface area contributed by atoms with Gasteiger partial charge in [-0.2, -0.15) is 18.2 Å². The van der Waals surface area contributed by atoms with Crippen LogP contribution in [0.3, 0.4) is 0 Å². The van der Waals surface area contributed by atoms with Gasteiger partial charge in [-0.3, -0.25) is 4.79 Å². The molecule has 38 heavy (non-hydrogen) atoms. The summed E-state index contributed by atoms with van der Waals surface area (Å²) >= 11 is 0. The number of rotatable bonds is 6. The molecule has 0 aliphatic carbocycles. The molecular weight excluding hydrogens is 505 g/mol. The van der Waals surface area contributed by atoms with E-state index in [-0.39, 0.29) is 35.7 Å². The summed E-state index contributed by atoms with van der Waals surface area (Å²) in [6.07, 6.45) is 1.64. The zero-order chi connectivity index (χ0) is 27.0. The van der Waals surface area contributed by atoms with E-state index < -0.39 is 12.0 Å². The van der Waals surface area contributed by atoms with Crippen molar-refractivity contribution in [1.29, 1.82) is 0 Å². The van der Waals surface area contributed by atoms with Crippen LogP contribution in [-0.2, 0) is 6.18 Å². The number of halogens is 3. The standard InChI is InChI=1S/C24H29F3N8O3/c1-14-3-4-20(36)35(11-14)19-13-34(12-18(19)28)22-29-9-17(10-30-22)37-15(2)16-5-7-33(8-6-16)23-31-21(32-38-23)24(25,26)27/h3-4,9-11,15-16,18-19H,5-8,12-13,28H2,1-2H3. The third-order valence-corrected chi connectivity index (χ3v) is 7.14. The van der Waals surface area contributed by atoms with Crippen LogP contribution < -0.4 is 25.8 Å². The lowest BCUT2D eigenvalue weighted by Gasteiger charge is -2.33. The molecular formula is C24H29F3N8O3. The monoisotopic (exact) mass is 534 g/mol. The van der Waals surface area contributed by atoms with E-state index in [1.807, 2.05) is 24.9 Å². The number of aryl methyl sites for hydroxylation is 1. The minimum absolute atomic E-state index is 0.0921. The summed E-state index contributed by atoms with van der Waals surface area (Å²) in [4.78, 5) is 28.3. The van der Waals surface area contributed by atoms with Gasteiger partial charge >= 0.3 is 12.2 Å². The smallest absolute Gasteiger partial charge is 0.455 e. The first kappa shape index (κ1) is 25.9. The highest BCUT2D eigenvalue weighted by Gasteiger charge is 2.38. The Hall–Kier alpha value is -3.68. The molecule has 2 N–H and O–H groups in total. The molecule has 14 heteroatoms. The summed E-state index contributed by atoms with van der Waals surface area (Å²) in [6.45, 7) is 5.88. The number of piperidine rings is 1. The van der Waals surface area contributed by atoms with Crippen molar-refractivity contribution in [2.75, 3.05) is 36.0 Å². The third kappa shape index (κ3) is 5.44. The second-order valence-corrected chi connectivity index (χ2v) is 9.85. The minimum atomic E-state index is -4.64. The number of alkyl halides is 3. The molecule has 0 radical (unpaired) electrons. The van der Waals surface area contributed by atoms with Crippen molar-refractivity contribution >= 4 is 12.0 Å². The highest BCUT2D eigenvalue weighted by atomic mass is 19.4. The largest absolute Gasteiger partial charge is 0.487 e. The number of aromatic nitrogens is 5. The van der Waals surface area contributed by atoms with Gasteiger partial charge in [-0.05, 0) is 43.3 Å². The van der Waals surface area contributed by atoms with Crippen molar-refractivity contribution in [1.82, 2.24) is 24.7 Å². The number of hydrogen-bond donors (Lipinski definition) is 1. The summed E-state index contributed by atoms with van der Waals surface area (Å²) in [5, 5.41) is 3.02. The number of nitrogens with two attached hydrogens (primary N) is 1. The average Bonchev–Trinajstić information content (AvgIpc) is 3.54. The van der Waals surface area contributed by atoms with Crippen molar-refractivity contribution in [3.63, 3.8) is 0 Å². The van der Waals surface area contributed by atoms with Crippen molar-refractivity contribution in [3.05, 3.63) is 52.5 Å². The molecule has 0 aromatic carbocycles. The summed E-state index contributed by atoms with van der Waals surface area (Å²) < 4.78 is 50.8. The Bertz CT molecular complexity index is 1300. The normalized spacial score (nSPS) is 21.6. The van der Waals surface area contributed by atoms with Gasteiger partial charge < -0.3 is 29.4 Å². The van der Waals surface area contributed by atoms with E-state index >= 15 is 0 Å². The second kappa shape index (κ2) is 10.2. The molecule has 3 unspecified atom stereocenters. The van der Waals surface area contributed by atoms with Gasteiger partial charge in [0.15, 0.2) is 5.75 Å². The second-order valence-electron chi connectivity index (χ2n) is 9.85. The quantitative estimate of drug-likeness (QED) is 0.503. The average molecular weight is 535 g/mol. The van der Waals surface area contributed by atoms with Gasteiger partial charge in [0.25, 0.3) is 11.4 Å². The minimum Gasteiger partial charge on any atom is -0.487 e. The lowest BCUT2D eigenvalue weighted by Crippen LogP contribution is -2.39. The van der Waals surface area contributed by atoms with Gasteiger partial charge in [0.2, 0.25) is 5.95 Å². The molecule has 0 bridgehead atoms. The molecule has 2 fully saturated rings. The van der Waals surface area contributed by atoms with Gasteiger partial charge in [0.1, 0.15) is 0 Å². The highest BCUT2D eigenvalue weighted by molar-refractivity contribution is 5.35. The maximum Gasteiger partial charge on any atom is 0.455 e. The molecule has 3 aromatic heterocycles. The first-order chi connectivity index (χ1) is 18.1. The predicted octanol–water partition coefficient (Wildman–Crippen LogP) is 2.42. The van der Waals surface area contributed by atoms with Crippen molar-refractivity contribution in [2.45, 2.75) is 51.1 Å². The van der Waals surface area contributed by atoms with Gasteiger partial charge in [0.05, 0.1) is 24.5 Å². The molecule has 3 aromatic rings. The Morgan fingerprint density at radius 2 is 1.84 bits per heavy atom. The molecule has 204 valence electrons. The molecule has 0 spiro atoms. The fraction of sp³-hybridized carbons (Fsp3) is 0.542. The Balaban J connectivity index is 1.15. The van der Waals surface area contributed by atoms with E-state index in [1.54, 1.807) is 34.0 Å². The van der Waals surface area contributed by atoms with Crippen LogP contribution in [0.1, 0.15) is 37.2 Å². The highest BCUT2D eigenvalue weighted by Crippen LogP contribution is 2.31. The Morgan fingerprint density at radius 1 is 1.13 bits per heavy atom. The summed E-state index contributed by atoms with van der Waals surface area (Å²) in [5.41, 5.74) is 7.25. The Kier molecular flexibility index (Phi) is 6.99. The maximum absolute atomic E-state index is 12.7. The topological polar surface area (TPSA) is 128 Å². The maximum atomic E-state index is 12.7. The number of nitrogens with zero attached hydrogens (tertiary/aromatic N) is 7. The van der Waals surface area contributed by atoms with Crippen molar-refractivity contribution in [2.24, 2.45) is 11.7 Å². The van der Waals surface area contributed by atoms with Gasteiger partial charge in [-0.15, -0.1) is 0 Å². The van der Waals surface area contributed by atoms with E-state index in [9.17, 15) is 18.0 Å².